The summed E-state index contributed by atoms with van der Waals surface area (Å²) < 4.78 is 0. The van der Waals surface area contributed by atoms with Crippen LogP contribution in [0.3, 0.4) is 0 Å². The monoisotopic (exact) mass is 354 g/mol. The molecule has 0 fully saturated rings. The Labute approximate surface area is 155 Å². The second kappa shape index (κ2) is 10.3. The number of hydrogen-bond acceptors (Lipinski definition) is 6. The summed E-state index contributed by atoms with van der Waals surface area (Å²) in [6.07, 6.45) is 1.64. The van der Waals surface area contributed by atoms with Crippen LogP contribution in [-0.2, 0) is 16.1 Å². The zero-order valence-corrected chi connectivity index (χ0v) is 15.9. The molecular weight excluding hydrogens is 328 g/mol. The molecule has 26 heavy (non-hydrogen) atoms. The van der Waals surface area contributed by atoms with E-state index in [0.29, 0.717) is 13.2 Å². The van der Waals surface area contributed by atoms with Crippen LogP contribution in [0.25, 0.3) is 0 Å². The zero-order chi connectivity index (χ0) is 18.8. The molecule has 0 aliphatic carbocycles. The molecular formula is C20H26N4O2. The van der Waals surface area contributed by atoms with Crippen LogP contribution in [-0.4, -0.2) is 34.6 Å². The van der Waals surface area contributed by atoms with Crippen molar-refractivity contribution < 1.29 is 9.68 Å². The van der Waals surface area contributed by atoms with E-state index in [2.05, 4.69) is 20.3 Å². The molecule has 0 unspecified atom stereocenters. The van der Waals surface area contributed by atoms with Crippen molar-refractivity contribution in [2.75, 3.05) is 13.2 Å². The standard InChI is InChI=1S/C20H26N4O2/c1-5-25-23-17(4)20-13-7-10-18(22-20)11-8-14-26-24-16(3)19-12-6-9-15(2)21-19/h6-7,9-10,12-13H,5,8,11,14H2,1-4H3. The van der Waals surface area contributed by atoms with Crippen LogP contribution in [0, 0.1) is 6.92 Å². The fourth-order valence-corrected chi connectivity index (χ4v) is 2.28. The van der Waals surface area contributed by atoms with E-state index >= 15 is 0 Å². The first-order chi connectivity index (χ1) is 12.6. The Morgan fingerprint density at radius 1 is 0.923 bits per heavy atom. The minimum atomic E-state index is 0.529. The van der Waals surface area contributed by atoms with E-state index in [9.17, 15) is 0 Å². The highest BCUT2D eigenvalue weighted by atomic mass is 16.6. The van der Waals surface area contributed by atoms with E-state index in [0.717, 1.165) is 47.0 Å². The number of pyridine rings is 2. The van der Waals surface area contributed by atoms with Crippen LogP contribution in [0.2, 0.25) is 0 Å². The molecule has 0 saturated carbocycles. The van der Waals surface area contributed by atoms with Gasteiger partial charge in [-0.1, -0.05) is 22.4 Å². The number of aromatic nitrogens is 2. The zero-order valence-electron chi connectivity index (χ0n) is 15.9. The fourth-order valence-electron chi connectivity index (χ4n) is 2.28. The van der Waals surface area contributed by atoms with Gasteiger partial charge in [-0.15, -0.1) is 0 Å². The van der Waals surface area contributed by atoms with Crippen LogP contribution in [0.4, 0.5) is 0 Å². The second-order valence-corrected chi connectivity index (χ2v) is 5.89. The minimum absolute atomic E-state index is 0.529. The van der Waals surface area contributed by atoms with E-state index in [1.807, 2.05) is 64.1 Å². The molecule has 0 amide bonds. The SMILES string of the molecule is CCON=C(C)c1cccc(CCCON=C(C)c2cccc(C)n2)n1. The molecule has 2 rings (SSSR count). The van der Waals surface area contributed by atoms with Gasteiger partial charge in [-0.25, -0.2) is 0 Å². The van der Waals surface area contributed by atoms with E-state index < -0.39 is 0 Å². The first-order valence-corrected chi connectivity index (χ1v) is 8.83. The number of nitrogens with zero attached hydrogens (tertiary/aromatic N) is 4. The van der Waals surface area contributed by atoms with E-state index in [1.165, 1.54) is 0 Å². The quantitative estimate of drug-likeness (QED) is 0.389. The number of hydrogen-bond donors (Lipinski definition) is 0. The number of rotatable bonds is 9. The summed E-state index contributed by atoms with van der Waals surface area (Å²) in [5.74, 6) is 0. The molecule has 0 aliphatic rings. The van der Waals surface area contributed by atoms with Gasteiger partial charge in [0, 0.05) is 11.4 Å². The highest BCUT2D eigenvalue weighted by molar-refractivity contribution is 5.96. The maximum atomic E-state index is 5.42. The summed E-state index contributed by atoms with van der Waals surface area (Å²) in [6.45, 7) is 8.72. The average Bonchev–Trinajstić information content (AvgIpc) is 2.66. The van der Waals surface area contributed by atoms with Gasteiger partial charge < -0.3 is 9.68 Å². The van der Waals surface area contributed by atoms with Crippen molar-refractivity contribution in [2.24, 2.45) is 10.3 Å². The van der Waals surface area contributed by atoms with Crippen molar-refractivity contribution in [3.63, 3.8) is 0 Å². The second-order valence-electron chi connectivity index (χ2n) is 5.89. The van der Waals surface area contributed by atoms with Crippen LogP contribution >= 0.6 is 0 Å². The van der Waals surface area contributed by atoms with Gasteiger partial charge in [-0.2, -0.15) is 0 Å². The molecule has 0 radical (unpaired) electrons. The summed E-state index contributed by atoms with van der Waals surface area (Å²) in [6, 6.07) is 11.8. The van der Waals surface area contributed by atoms with Gasteiger partial charge in [-0.05, 0) is 64.8 Å². The molecule has 6 heteroatoms. The third-order valence-electron chi connectivity index (χ3n) is 3.64. The summed E-state index contributed by atoms with van der Waals surface area (Å²) >= 11 is 0. The van der Waals surface area contributed by atoms with E-state index in [1.54, 1.807) is 0 Å². The van der Waals surface area contributed by atoms with Gasteiger partial charge in [0.25, 0.3) is 0 Å². The van der Waals surface area contributed by atoms with Crippen molar-refractivity contribution in [1.82, 2.24) is 9.97 Å². The molecule has 2 heterocycles. The summed E-state index contributed by atoms with van der Waals surface area (Å²) in [4.78, 5) is 19.5. The van der Waals surface area contributed by atoms with Crippen LogP contribution < -0.4 is 0 Å². The van der Waals surface area contributed by atoms with Crippen molar-refractivity contribution in [3.05, 3.63) is 59.2 Å². The van der Waals surface area contributed by atoms with E-state index in [4.69, 9.17) is 9.68 Å². The Balaban J connectivity index is 1.82. The molecule has 0 bridgehead atoms. The third-order valence-corrected chi connectivity index (χ3v) is 3.64. The fraction of sp³-hybridized carbons (Fsp3) is 0.400. The lowest BCUT2D eigenvalue weighted by Crippen LogP contribution is -2.04. The molecule has 0 saturated heterocycles. The molecule has 2 aromatic heterocycles. The highest BCUT2D eigenvalue weighted by Crippen LogP contribution is 2.05. The van der Waals surface area contributed by atoms with Gasteiger partial charge in [0.1, 0.15) is 24.6 Å². The first kappa shape index (κ1) is 19.6. The predicted octanol–water partition coefficient (Wildman–Crippen LogP) is 3.92. The Morgan fingerprint density at radius 3 is 2.27 bits per heavy atom. The minimum Gasteiger partial charge on any atom is -0.396 e. The van der Waals surface area contributed by atoms with Gasteiger partial charge in [0.05, 0.1) is 11.4 Å². The summed E-state index contributed by atoms with van der Waals surface area (Å²) in [5.41, 5.74) is 5.18. The highest BCUT2D eigenvalue weighted by Gasteiger charge is 2.03. The van der Waals surface area contributed by atoms with Gasteiger partial charge in [-0.3, -0.25) is 9.97 Å². The lowest BCUT2D eigenvalue weighted by atomic mass is 10.2. The molecule has 138 valence electrons. The van der Waals surface area contributed by atoms with Crippen molar-refractivity contribution in [3.8, 4) is 0 Å². The topological polar surface area (TPSA) is 69.0 Å². The average molecular weight is 354 g/mol. The van der Waals surface area contributed by atoms with Gasteiger partial charge >= 0.3 is 0 Å². The van der Waals surface area contributed by atoms with Crippen molar-refractivity contribution in [2.45, 2.75) is 40.5 Å². The largest absolute Gasteiger partial charge is 0.396 e. The van der Waals surface area contributed by atoms with Gasteiger partial charge in [0.15, 0.2) is 0 Å². The first-order valence-electron chi connectivity index (χ1n) is 8.83. The molecule has 0 aliphatic heterocycles. The molecule has 0 aromatic carbocycles. The molecule has 0 spiro atoms. The molecule has 2 aromatic rings. The smallest absolute Gasteiger partial charge is 0.117 e. The predicted molar refractivity (Wildman–Crippen MR) is 104 cm³/mol. The van der Waals surface area contributed by atoms with Crippen LogP contribution in [0.15, 0.2) is 46.7 Å². The Kier molecular flexibility index (Phi) is 7.74. The third kappa shape index (κ3) is 6.27. The number of oxime groups is 2. The summed E-state index contributed by atoms with van der Waals surface area (Å²) in [7, 11) is 0. The molecule has 6 nitrogen and oxygen atoms in total. The van der Waals surface area contributed by atoms with Gasteiger partial charge in [0.2, 0.25) is 0 Å². The lowest BCUT2D eigenvalue weighted by Gasteiger charge is -2.05. The summed E-state index contributed by atoms with van der Waals surface area (Å²) in [5, 5.41) is 8.17. The van der Waals surface area contributed by atoms with Crippen LogP contribution in [0.5, 0.6) is 0 Å². The molecule has 0 N–H and O–H groups in total. The lowest BCUT2D eigenvalue weighted by molar-refractivity contribution is 0.141. The Hall–Kier alpha value is -2.76. The van der Waals surface area contributed by atoms with Crippen molar-refractivity contribution in [1.29, 1.82) is 0 Å². The maximum Gasteiger partial charge on any atom is 0.117 e. The maximum absolute atomic E-state index is 5.42. The number of aryl methyl sites for hydroxylation is 2. The normalized spacial score (nSPS) is 12.2. The Bertz CT molecular complexity index is 772. The van der Waals surface area contributed by atoms with Crippen LogP contribution in [0.1, 0.15) is 50.0 Å². The molecule has 0 atom stereocenters. The Morgan fingerprint density at radius 2 is 1.58 bits per heavy atom. The van der Waals surface area contributed by atoms with Crippen molar-refractivity contribution >= 4 is 11.4 Å². The van der Waals surface area contributed by atoms with E-state index in [-0.39, 0.29) is 0 Å².